The fourth-order valence-electron chi connectivity index (χ4n) is 1.57. The molecule has 0 amide bonds. The van der Waals surface area contributed by atoms with Gasteiger partial charge in [-0.1, -0.05) is 0 Å². The maximum absolute atomic E-state index is 14.0. The SMILES string of the molecule is FC(F)(F)C(F)(F)O[Si](OC(F)(F)C(F)(F)F)(C(F)(F)F)C(F)(F)C(F)(F)OC(F)(F)C(F)(F)C(F)(F)F. The maximum Gasteiger partial charge on any atom is 0.550 e. The van der Waals surface area contributed by atoms with Gasteiger partial charge in [0.2, 0.25) is 0 Å². The highest BCUT2D eigenvalue weighted by Crippen LogP contribution is 2.58. The first-order valence-electron chi connectivity index (χ1n) is 7.51. The molecule has 0 aromatic heterocycles. The minimum absolute atomic E-state index is 0.919. The third kappa shape index (κ3) is 6.09. The zero-order chi connectivity index (χ0) is 31.6. The van der Waals surface area contributed by atoms with Crippen LogP contribution in [-0.2, 0) is 13.6 Å². The van der Waals surface area contributed by atoms with Gasteiger partial charge in [-0.3, -0.25) is 0 Å². The third-order valence-electron chi connectivity index (χ3n) is 3.33. The highest BCUT2D eigenvalue weighted by atomic mass is 28.4. The van der Waals surface area contributed by atoms with Gasteiger partial charge in [-0.05, 0) is 0 Å². The number of ether oxygens (including phenoxy) is 1. The molecule has 230 valence electrons. The Balaban J connectivity index is 7.54. The molecule has 38 heavy (non-hydrogen) atoms. The smallest absolute Gasteiger partial charge is 0.318 e. The Hall–Kier alpha value is -1.58. The van der Waals surface area contributed by atoms with E-state index < -0.39 is 68.8 Å². The van der Waals surface area contributed by atoms with E-state index in [-0.39, 0.29) is 0 Å². The van der Waals surface area contributed by atoms with Crippen molar-refractivity contribution in [2.75, 3.05) is 0 Å². The van der Waals surface area contributed by atoms with E-state index in [2.05, 4.69) is 0 Å². The van der Waals surface area contributed by atoms with Crippen LogP contribution in [0.5, 0.6) is 0 Å². The van der Waals surface area contributed by atoms with E-state index in [9.17, 15) is 105 Å². The molecule has 0 saturated carbocycles. The Bertz CT molecular complexity index is 802. The van der Waals surface area contributed by atoms with Gasteiger partial charge in [-0.2, -0.15) is 105 Å². The van der Waals surface area contributed by atoms with E-state index in [0.29, 0.717) is 0 Å². The summed E-state index contributed by atoms with van der Waals surface area (Å²) < 4.78 is 310. The minimum Gasteiger partial charge on any atom is -0.318 e. The van der Waals surface area contributed by atoms with Gasteiger partial charge >= 0.3 is 68.8 Å². The second-order valence-electron chi connectivity index (χ2n) is 6.13. The lowest BCUT2D eigenvalue weighted by molar-refractivity contribution is -0.494. The predicted molar refractivity (Wildman–Crippen MR) is 62.9 cm³/mol. The summed E-state index contributed by atoms with van der Waals surface area (Å²) in [5, 5.41) is 0. The van der Waals surface area contributed by atoms with Crippen LogP contribution in [0, 0.1) is 0 Å². The van der Waals surface area contributed by atoms with E-state index in [1.807, 2.05) is 0 Å². The van der Waals surface area contributed by atoms with Crippen LogP contribution < -0.4 is 0 Å². The van der Waals surface area contributed by atoms with Gasteiger partial charge in [0.15, 0.2) is 0 Å². The first kappa shape index (κ1) is 36.4. The van der Waals surface area contributed by atoms with E-state index in [1.165, 1.54) is 8.85 Å². The van der Waals surface area contributed by atoms with Crippen molar-refractivity contribution >= 4 is 8.56 Å². The fraction of sp³-hybridized carbons (Fsp3) is 1.00. The predicted octanol–water partition coefficient (Wildman–Crippen LogP) is 7.45. The molecule has 0 radical (unpaired) electrons. The summed E-state index contributed by atoms with van der Waals surface area (Å²) in [5.74, 6) is -16.8. The van der Waals surface area contributed by atoms with Gasteiger partial charge in [-0.25, -0.2) is 4.74 Å². The average molecular weight is 652 g/mol. The lowest BCUT2D eigenvalue weighted by Crippen LogP contribution is -2.79. The molecule has 0 unspecified atom stereocenters. The monoisotopic (exact) mass is 652 g/mol. The first-order chi connectivity index (χ1) is 15.9. The van der Waals surface area contributed by atoms with Crippen molar-refractivity contribution in [3.63, 3.8) is 0 Å². The summed E-state index contributed by atoms with van der Waals surface area (Å²) in [5.41, 5.74) is -9.04. The largest absolute Gasteiger partial charge is 0.550 e. The molecular formula is C10F24O3Si. The van der Waals surface area contributed by atoms with E-state index in [4.69, 9.17) is 0 Å². The van der Waals surface area contributed by atoms with Crippen LogP contribution in [0.25, 0.3) is 0 Å². The molecule has 0 aromatic carbocycles. The van der Waals surface area contributed by atoms with Crippen molar-refractivity contribution in [1.29, 1.82) is 0 Å². The molecule has 0 spiro atoms. The van der Waals surface area contributed by atoms with Crippen molar-refractivity contribution < 1.29 is 119 Å². The van der Waals surface area contributed by atoms with Crippen LogP contribution in [0.4, 0.5) is 105 Å². The Morgan fingerprint density at radius 2 is 0.632 bits per heavy atom. The highest BCUT2D eigenvalue weighted by molar-refractivity contribution is 6.72. The summed E-state index contributed by atoms with van der Waals surface area (Å²) in [6.45, 7) is 0. The Morgan fingerprint density at radius 3 is 0.842 bits per heavy atom. The molecule has 28 heteroatoms. The van der Waals surface area contributed by atoms with Crippen molar-refractivity contribution in [3.8, 4) is 0 Å². The molecule has 0 aliphatic carbocycles. The minimum atomic E-state index is -11.1. The Kier molecular flexibility index (Phi) is 8.85. The molecule has 0 N–H and O–H groups in total. The number of alkyl halides is 24. The van der Waals surface area contributed by atoms with Gasteiger partial charge in [0.05, 0.1) is 0 Å². The lowest BCUT2D eigenvalue weighted by Gasteiger charge is -2.43. The zero-order valence-corrected chi connectivity index (χ0v) is 16.8. The fourth-order valence-corrected chi connectivity index (χ4v) is 3.84. The molecular weight excluding hydrogens is 652 g/mol. The molecule has 0 bridgehead atoms. The molecule has 0 heterocycles. The summed E-state index contributed by atoms with van der Waals surface area (Å²) in [7, 11) is -11.1. The normalized spacial score (nSPS) is 16.7. The van der Waals surface area contributed by atoms with Crippen molar-refractivity contribution in [2.45, 2.75) is 60.2 Å². The Labute approximate surface area is 189 Å². The van der Waals surface area contributed by atoms with E-state index >= 15 is 0 Å². The molecule has 0 aliphatic heterocycles. The number of hydrogen-bond acceptors (Lipinski definition) is 3. The molecule has 3 nitrogen and oxygen atoms in total. The van der Waals surface area contributed by atoms with Crippen LogP contribution in [0.2, 0.25) is 0 Å². The number of hydrogen-bond donors (Lipinski definition) is 0. The third-order valence-corrected chi connectivity index (χ3v) is 6.29. The summed E-state index contributed by atoms with van der Waals surface area (Å²) in [6.07, 6.45) is -57.1. The second kappa shape index (κ2) is 9.23. The van der Waals surface area contributed by atoms with E-state index in [1.54, 1.807) is 0 Å². The van der Waals surface area contributed by atoms with Crippen LogP contribution in [0.15, 0.2) is 0 Å². The van der Waals surface area contributed by atoms with Crippen molar-refractivity contribution in [1.82, 2.24) is 0 Å². The zero-order valence-electron chi connectivity index (χ0n) is 15.8. The van der Waals surface area contributed by atoms with Crippen LogP contribution >= 0.6 is 0 Å². The van der Waals surface area contributed by atoms with Gasteiger partial charge < -0.3 is 8.85 Å². The van der Waals surface area contributed by atoms with E-state index in [0.717, 1.165) is 4.74 Å². The highest BCUT2D eigenvalue weighted by Gasteiger charge is 2.93. The topological polar surface area (TPSA) is 27.7 Å². The number of rotatable bonds is 9. The summed E-state index contributed by atoms with van der Waals surface area (Å²) >= 11 is 0. The van der Waals surface area contributed by atoms with Crippen molar-refractivity contribution in [3.05, 3.63) is 0 Å². The molecule has 0 rings (SSSR count). The first-order valence-corrected chi connectivity index (χ1v) is 9.33. The van der Waals surface area contributed by atoms with Gasteiger partial charge in [-0.15, -0.1) is 0 Å². The van der Waals surface area contributed by atoms with Crippen LogP contribution in [0.3, 0.4) is 0 Å². The number of halogens is 24. The summed E-state index contributed by atoms with van der Waals surface area (Å²) in [6, 6.07) is 0. The molecule has 0 aliphatic rings. The summed E-state index contributed by atoms with van der Waals surface area (Å²) in [4.78, 5) is 0. The van der Waals surface area contributed by atoms with Crippen LogP contribution in [0.1, 0.15) is 0 Å². The average Bonchev–Trinajstić information content (AvgIpc) is 2.55. The molecule has 0 aromatic rings. The standard InChI is InChI=1S/C10F24O3Si/c11-1(12,2(13,14)15)5(22,23)35-8(28,29)9(30,31)38(10(32,33)34,36-6(24,25)3(16,17)18)37-7(26,27)4(19,20)21. The lowest BCUT2D eigenvalue weighted by atomic mass is 10.3. The molecule has 0 saturated heterocycles. The van der Waals surface area contributed by atoms with Gasteiger partial charge in [0.1, 0.15) is 0 Å². The van der Waals surface area contributed by atoms with Gasteiger partial charge in [0.25, 0.3) is 0 Å². The quantitative estimate of drug-likeness (QED) is 0.192. The molecule has 0 fully saturated rings. The second-order valence-corrected chi connectivity index (χ2v) is 8.97. The molecule has 0 atom stereocenters. The maximum atomic E-state index is 14.0. The van der Waals surface area contributed by atoms with Crippen molar-refractivity contribution in [2.24, 2.45) is 0 Å². The van der Waals surface area contributed by atoms with Gasteiger partial charge in [0, 0.05) is 0 Å². The van der Waals surface area contributed by atoms with Crippen LogP contribution in [-0.4, -0.2) is 68.8 Å². The Morgan fingerprint density at radius 1 is 0.342 bits per heavy atom.